The Balaban J connectivity index is 0.00000264. The zero-order valence-corrected chi connectivity index (χ0v) is 15.6. The van der Waals surface area contributed by atoms with Gasteiger partial charge in [0.15, 0.2) is 7.60 Å². The van der Waals surface area contributed by atoms with Crippen molar-refractivity contribution in [3.05, 3.63) is 36.3 Å². The molecule has 0 aromatic carbocycles. The van der Waals surface area contributed by atoms with Crippen LogP contribution in [0.4, 0.5) is 4.39 Å². The fraction of sp³-hybridized carbons (Fsp3) is 0.200. The van der Waals surface area contributed by atoms with E-state index >= 15 is 0 Å². The van der Waals surface area contributed by atoms with Crippen molar-refractivity contribution in [3.63, 3.8) is 0 Å². The van der Waals surface area contributed by atoms with Gasteiger partial charge in [0.05, 0.1) is 11.9 Å². The number of hydrogen-bond donors (Lipinski definition) is 4. The Hall–Kier alpha value is -0.410. The van der Waals surface area contributed by atoms with Crippen molar-refractivity contribution in [2.75, 3.05) is 0 Å². The van der Waals surface area contributed by atoms with Crippen LogP contribution in [-0.2, 0) is 15.6 Å². The molecular weight excluding hydrogens is 362 g/mol. The summed E-state index contributed by atoms with van der Waals surface area (Å²) in [6, 6.07) is 2.64. The van der Waals surface area contributed by atoms with E-state index < -0.39 is 26.8 Å². The van der Waals surface area contributed by atoms with Crippen molar-refractivity contribution in [1.29, 1.82) is 0 Å². The molecule has 0 bridgehead atoms. The second kappa shape index (κ2) is 7.23. The van der Waals surface area contributed by atoms with Gasteiger partial charge in [0.1, 0.15) is 0 Å². The molecule has 2 aromatic heterocycles. The van der Waals surface area contributed by atoms with Crippen LogP contribution in [-0.4, -0.2) is 35.0 Å². The Morgan fingerprint density at radius 1 is 1.26 bits per heavy atom. The number of pyridine rings is 1. The molecule has 0 saturated heterocycles. The first-order valence-electron chi connectivity index (χ1n) is 5.77. The Kier molecular flexibility index (Phi) is 6.48. The van der Waals surface area contributed by atoms with Crippen LogP contribution >= 0.6 is 15.2 Å². The summed E-state index contributed by atoms with van der Waals surface area (Å²) in [5.74, 6) is 0. The van der Waals surface area contributed by atoms with Crippen LogP contribution < -0.4 is 34.5 Å². The van der Waals surface area contributed by atoms with Crippen molar-refractivity contribution in [3.8, 4) is 11.3 Å². The van der Waals surface area contributed by atoms with Gasteiger partial charge >= 0.3 is 37.2 Å². The molecule has 2 heterocycles. The van der Waals surface area contributed by atoms with Gasteiger partial charge in [0.25, 0.3) is 5.15 Å². The van der Waals surface area contributed by atoms with E-state index in [2.05, 4.69) is 15.2 Å². The third kappa shape index (κ3) is 4.36. The molecule has 0 aliphatic carbocycles. The molecule has 0 fully saturated rings. The molecular formula is C10H11FN3NaO6P2. The minimum absolute atomic E-state index is 0. The molecule has 2 atom stereocenters. The van der Waals surface area contributed by atoms with Crippen LogP contribution in [0.2, 0.25) is 0 Å². The molecule has 13 heteroatoms. The first-order valence-corrected chi connectivity index (χ1v) is 8.96. The molecule has 0 radical (unpaired) electrons. The summed E-state index contributed by atoms with van der Waals surface area (Å²) in [7, 11) is -11.7. The van der Waals surface area contributed by atoms with Crippen molar-refractivity contribution >= 4 is 15.2 Å². The molecule has 0 aliphatic rings. The molecule has 2 unspecified atom stereocenters. The van der Waals surface area contributed by atoms with Crippen LogP contribution in [0.25, 0.3) is 11.3 Å². The quantitative estimate of drug-likeness (QED) is 0.327. The van der Waals surface area contributed by atoms with E-state index in [0.717, 1.165) is 6.20 Å². The number of alkyl halides is 1. The van der Waals surface area contributed by atoms with Crippen molar-refractivity contribution in [2.45, 2.75) is 11.6 Å². The first kappa shape index (κ1) is 20.6. The maximum absolute atomic E-state index is 14.2. The van der Waals surface area contributed by atoms with Crippen LogP contribution in [0, 0.1) is 0 Å². The zero-order valence-electron chi connectivity index (χ0n) is 11.8. The maximum Gasteiger partial charge on any atom is 1.00 e. The van der Waals surface area contributed by atoms with Crippen LogP contribution in [0.1, 0.15) is 5.56 Å². The monoisotopic (exact) mass is 373 g/mol. The van der Waals surface area contributed by atoms with Gasteiger partial charge in [-0.25, -0.2) is 4.39 Å². The van der Waals surface area contributed by atoms with E-state index in [-0.39, 0.29) is 35.1 Å². The predicted octanol–water partition coefficient (Wildman–Crippen LogP) is -2.64. The average Bonchev–Trinajstić information content (AvgIpc) is 2.90. The number of aromatic amines is 1. The van der Waals surface area contributed by atoms with Gasteiger partial charge in [-0.05, 0) is 11.6 Å². The summed E-state index contributed by atoms with van der Waals surface area (Å²) in [5.41, 5.74) is 0.945. The first-order chi connectivity index (χ1) is 10.0. The van der Waals surface area contributed by atoms with Crippen molar-refractivity contribution < 1.29 is 62.7 Å². The standard InChI is InChI=1S/C10H12FN3O6P2.Na/c11-10(21(15,16)17,22(18,19)20)3-7-1-2-9(12-4-7)8-5-13-14-6-8;/h1-2,4-6H,3H2,(H,13,14)(H2,15,16,17)(H2,18,19,20);/q;+1/p-1. The molecule has 0 spiro atoms. The number of nitrogens with zero attached hydrogens (tertiary/aromatic N) is 2. The van der Waals surface area contributed by atoms with Crippen molar-refractivity contribution in [2.24, 2.45) is 0 Å². The fourth-order valence-electron chi connectivity index (χ4n) is 1.72. The Morgan fingerprint density at radius 2 is 1.91 bits per heavy atom. The fourth-order valence-corrected chi connectivity index (χ4v) is 3.81. The van der Waals surface area contributed by atoms with Gasteiger partial charge in [0.2, 0.25) is 0 Å². The Morgan fingerprint density at radius 3 is 2.30 bits per heavy atom. The van der Waals surface area contributed by atoms with E-state index in [1.807, 2.05) is 0 Å². The topological polar surface area (TPSA) is 159 Å². The van der Waals surface area contributed by atoms with Gasteiger partial charge < -0.3 is 24.1 Å². The van der Waals surface area contributed by atoms with E-state index in [4.69, 9.17) is 14.7 Å². The smallest absolute Gasteiger partial charge is 0.776 e. The molecule has 4 N–H and O–H groups in total. The zero-order chi connectivity index (χ0) is 16.6. The van der Waals surface area contributed by atoms with Gasteiger partial charge in [-0.15, -0.1) is 0 Å². The molecule has 0 saturated carbocycles. The van der Waals surface area contributed by atoms with Gasteiger partial charge in [-0.2, -0.15) is 5.10 Å². The largest absolute Gasteiger partial charge is 1.00 e. The molecule has 2 rings (SSSR count). The van der Waals surface area contributed by atoms with Gasteiger partial charge in [-0.3, -0.25) is 14.6 Å². The summed E-state index contributed by atoms with van der Waals surface area (Å²) in [6.07, 6.45) is 2.84. The van der Waals surface area contributed by atoms with E-state index in [0.29, 0.717) is 11.3 Å². The minimum atomic E-state index is -5.96. The van der Waals surface area contributed by atoms with Gasteiger partial charge in [0, 0.05) is 24.4 Å². The average molecular weight is 373 g/mol. The molecule has 0 amide bonds. The van der Waals surface area contributed by atoms with Crippen LogP contribution in [0.5, 0.6) is 0 Å². The molecule has 23 heavy (non-hydrogen) atoms. The molecule has 0 aliphatic heterocycles. The second-order valence-electron chi connectivity index (χ2n) is 4.50. The summed E-state index contributed by atoms with van der Waals surface area (Å²) in [5, 5.41) is 2.16. The Bertz CT molecular complexity index is 722. The number of nitrogens with one attached hydrogen (secondary N) is 1. The summed E-state index contributed by atoms with van der Waals surface area (Å²) < 4.78 is 36.4. The number of rotatable bonds is 5. The molecule has 2 aromatic rings. The summed E-state index contributed by atoms with van der Waals surface area (Å²) >= 11 is 0. The number of halogens is 1. The molecule has 120 valence electrons. The van der Waals surface area contributed by atoms with Crippen molar-refractivity contribution in [1.82, 2.24) is 15.2 Å². The third-order valence-electron chi connectivity index (χ3n) is 2.93. The normalized spacial score (nSPS) is 16.9. The predicted molar refractivity (Wildman–Crippen MR) is 71.2 cm³/mol. The molecule has 9 nitrogen and oxygen atoms in total. The van der Waals surface area contributed by atoms with E-state index in [1.54, 1.807) is 0 Å². The SMILES string of the molecule is O=P([O-])(O)C(F)(Cc1ccc(-c2cn[nH]c2)nc1)P(=O)(O)O.[Na+]. The van der Waals surface area contributed by atoms with E-state index in [9.17, 15) is 18.4 Å². The number of hydrogen-bond acceptors (Lipinski definition) is 5. The second-order valence-corrected chi connectivity index (χ2v) is 8.40. The van der Waals surface area contributed by atoms with Gasteiger partial charge in [-0.1, -0.05) is 6.07 Å². The number of aromatic nitrogens is 3. The maximum atomic E-state index is 14.2. The summed E-state index contributed by atoms with van der Waals surface area (Å²) in [4.78, 5) is 41.6. The minimum Gasteiger partial charge on any atom is -0.776 e. The number of H-pyrrole nitrogens is 1. The summed E-state index contributed by atoms with van der Waals surface area (Å²) in [6.45, 7) is 0. The Labute approximate surface area is 152 Å². The van der Waals surface area contributed by atoms with Crippen LogP contribution in [0.3, 0.4) is 0 Å². The van der Waals surface area contributed by atoms with Crippen LogP contribution in [0.15, 0.2) is 30.7 Å². The van der Waals surface area contributed by atoms with E-state index in [1.165, 1.54) is 24.5 Å². The third-order valence-corrected chi connectivity index (χ3v) is 6.54.